The van der Waals surface area contributed by atoms with Crippen molar-refractivity contribution in [1.29, 1.82) is 0 Å². The maximum atomic E-state index is 13.4. The molecule has 1 aliphatic rings. The van der Waals surface area contributed by atoms with Gasteiger partial charge in [-0.1, -0.05) is 6.07 Å². The number of aromatic nitrogens is 2. The van der Waals surface area contributed by atoms with Gasteiger partial charge >= 0.3 is 0 Å². The Morgan fingerprint density at radius 3 is 2.60 bits per heavy atom. The number of aryl methyl sites for hydroxylation is 5. The van der Waals surface area contributed by atoms with Crippen molar-refractivity contribution in [2.45, 2.75) is 40.7 Å². The molecule has 4 rings (SSSR count). The molecule has 1 aliphatic heterocycles. The molecule has 1 unspecified atom stereocenters. The first-order valence-electron chi connectivity index (χ1n) is 9.77. The predicted octanol–water partition coefficient (Wildman–Crippen LogP) is 4.39. The summed E-state index contributed by atoms with van der Waals surface area (Å²) in [6.07, 6.45) is 0. The summed E-state index contributed by atoms with van der Waals surface area (Å²) < 4.78 is 0. The van der Waals surface area contributed by atoms with Crippen molar-refractivity contribution in [3.63, 3.8) is 0 Å². The number of nitrogens with zero attached hydrogens (tertiary/aromatic N) is 3. The molecule has 0 spiro atoms. The third-order valence-electron chi connectivity index (χ3n) is 5.50. The molecule has 0 radical (unpaired) electrons. The first-order valence-corrected chi connectivity index (χ1v) is 11.7. The molecule has 30 heavy (non-hydrogen) atoms. The maximum absolute atomic E-state index is 13.4. The van der Waals surface area contributed by atoms with Crippen LogP contribution in [0.25, 0.3) is 10.2 Å². The number of amides is 2. The monoisotopic (exact) mass is 440 g/mol. The molecule has 3 aromatic rings. The van der Waals surface area contributed by atoms with Gasteiger partial charge in [0.2, 0.25) is 5.91 Å². The molecular weight excluding hydrogens is 416 g/mol. The van der Waals surface area contributed by atoms with E-state index in [2.05, 4.69) is 15.3 Å². The topological polar surface area (TPSA) is 75.2 Å². The third kappa shape index (κ3) is 3.70. The highest BCUT2D eigenvalue weighted by Crippen LogP contribution is 2.34. The molecule has 2 amide bonds. The highest BCUT2D eigenvalue weighted by atomic mass is 32.2. The first-order chi connectivity index (χ1) is 14.3. The van der Waals surface area contributed by atoms with E-state index in [1.807, 2.05) is 52.8 Å². The Balaban J connectivity index is 1.60. The second-order valence-electron chi connectivity index (χ2n) is 7.67. The van der Waals surface area contributed by atoms with Crippen LogP contribution < -0.4 is 5.32 Å². The van der Waals surface area contributed by atoms with Crippen molar-refractivity contribution in [3.05, 3.63) is 51.3 Å². The zero-order chi connectivity index (χ0) is 21.6. The molecular formula is C22H24N4O2S2. The van der Waals surface area contributed by atoms with Crippen LogP contribution in [-0.4, -0.2) is 44.4 Å². The fourth-order valence-electron chi connectivity index (χ4n) is 3.71. The van der Waals surface area contributed by atoms with Crippen molar-refractivity contribution < 1.29 is 9.59 Å². The smallest absolute Gasteiger partial charge is 0.265 e. The van der Waals surface area contributed by atoms with Crippen LogP contribution in [0.4, 0.5) is 5.69 Å². The molecule has 1 saturated heterocycles. The average Bonchev–Trinajstić information content (AvgIpc) is 3.29. The summed E-state index contributed by atoms with van der Waals surface area (Å²) in [7, 11) is 0. The van der Waals surface area contributed by atoms with Crippen LogP contribution in [0, 0.1) is 34.6 Å². The van der Waals surface area contributed by atoms with Crippen LogP contribution in [0.5, 0.6) is 0 Å². The van der Waals surface area contributed by atoms with Gasteiger partial charge in [0.15, 0.2) is 0 Å². The Kier molecular flexibility index (Phi) is 5.55. The van der Waals surface area contributed by atoms with E-state index in [0.29, 0.717) is 22.3 Å². The number of anilines is 1. The molecule has 2 aromatic heterocycles. The highest BCUT2D eigenvalue weighted by molar-refractivity contribution is 7.99. The van der Waals surface area contributed by atoms with Crippen molar-refractivity contribution in [1.82, 2.24) is 14.9 Å². The Bertz CT molecular complexity index is 1170. The molecule has 0 saturated carbocycles. The van der Waals surface area contributed by atoms with E-state index in [-0.39, 0.29) is 11.8 Å². The average molecular weight is 441 g/mol. The second kappa shape index (κ2) is 8.00. The molecule has 1 N–H and O–H groups in total. The number of benzene rings is 1. The standard InChI is InChI=1S/C22H24N4O2S2/c1-11-6-7-16(8-12(11)2)25-20(27)17-9-29-10-26(17)22(28)19-13(3)18-14(4)23-15(5)24-21(18)30-19/h6-8,17H,9-10H2,1-5H3,(H,25,27). The molecule has 1 fully saturated rings. The van der Waals surface area contributed by atoms with E-state index in [0.717, 1.165) is 32.7 Å². The fourth-order valence-corrected chi connectivity index (χ4v) is 6.10. The number of rotatable bonds is 3. The predicted molar refractivity (Wildman–Crippen MR) is 123 cm³/mol. The van der Waals surface area contributed by atoms with Crippen molar-refractivity contribution in [3.8, 4) is 0 Å². The lowest BCUT2D eigenvalue weighted by atomic mass is 10.1. The van der Waals surface area contributed by atoms with Gasteiger partial charge in [0.1, 0.15) is 16.7 Å². The number of carbonyl (C=O) groups excluding carboxylic acids is 2. The summed E-state index contributed by atoms with van der Waals surface area (Å²) in [5.74, 6) is 1.52. The van der Waals surface area contributed by atoms with Crippen LogP contribution in [0.2, 0.25) is 0 Å². The first kappa shape index (κ1) is 20.8. The number of thiophene rings is 1. The lowest BCUT2D eigenvalue weighted by Crippen LogP contribution is -2.44. The lowest BCUT2D eigenvalue weighted by Gasteiger charge is -2.23. The van der Waals surface area contributed by atoms with Crippen molar-refractivity contribution in [2.24, 2.45) is 0 Å². The van der Waals surface area contributed by atoms with Gasteiger partial charge in [0.05, 0.1) is 10.8 Å². The van der Waals surface area contributed by atoms with Crippen LogP contribution >= 0.6 is 23.1 Å². The molecule has 6 nitrogen and oxygen atoms in total. The van der Waals surface area contributed by atoms with E-state index in [1.54, 1.807) is 16.7 Å². The number of nitrogens with one attached hydrogen (secondary N) is 1. The minimum atomic E-state index is -0.498. The Morgan fingerprint density at radius 1 is 1.10 bits per heavy atom. The van der Waals surface area contributed by atoms with Gasteiger partial charge in [-0.2, -0.15) is 0 Å². The normalized spacial score (nSPS) is 16.3. The quantitative estimate of drug-likeness (QED) is 0.654. The zero-order valence-electron chi connectivity index (χ0n) is 17.7. The summed E-state index contributed by atoms with van der Waals surface area (Å²) >= 11 is 2.98. The maximum Gasteiger partial charge on any atom is 0.265 e. The van der Waals surface area contributed by atoms with Crippen molar-refractivity contribution >= 4 is 50.8 Å². The summed E-state index contributed by atoms with van der Waals surface area (Å²) in [6.45, 7) is 9.79. The number of carbonyl (C=O) groups is 2. The lowest BCUT2D eigenvalue weighted by molar-refractivity contribution is -0.119. The molecule has 1 aromatic carbocycles. The molecule has 156 valence electrons. The minimum absolute atomic E-state index is 0.113. The van der Waals surface area contributed by atoms with Gasteiger partial charge in [-0.3, -0.25) is 9.59 Å². The number of hydrogen-bond acceptors (Lipinski definition) is 6. The van der Waals surface area contributed by atoms with Crippen molar-refractivity contribution in [2.75, 3.05) is 16.9 Å². The van der Waals surface area contributed by atoms with Gasteiger partial charge in [0, 0.05) is 22.5 Å². The number of fused-ring (bicyclic) bond motifs is 1. The van der Waals surface area contributed by atoms with Crippen LogP contribution in [-0.2, 0) is 4.79 Å². The van der Waals surface area contributed by atoms with Gasteiger partial charge in [0.25, 0.3) is 5.91 Å². The molecule has 0 bridgehead atoms. The second-order valence-corrected chi connectivity index (χ2v) is 9.67. The van der Waals surface area contributed by atoms with Crippen LogP contribution in [0.3, 0.4) is 0 Å². The molecule has 1 atom stereocenters. The fraction of sp³-hybridized carbons (Fsp3) is 0.364. The van der Waals surface area contributed by atoms with E-state index in [4.69, 9.17) is 0 Å². The molecule has 3 heterocycles. The van der Waals surface area contributed by atoms with E-state index in [1.165, 1.54) is 16.9 Å². The number of hydrogen-bond donors (Lipinski definition) is 1. The summed E-state index contributed by atoms with van der Waals surface area (Å²) in [6, 6.07) is 5.35. The molecule has 0 aliphatic carbocycles. The Morgan fingerprint density at radius 2 is 1.87 bits per heavy atom. The van der Waals surface area contributed by atoms with Crippen LogP contribution in [0.1, 0.15) is 37.9 Å². The summed E-state index contributed by atoms with van der Waals surface area (Å²) in [4.78, 5) is 38.4. The van der Waals surface area contributed by atoms with Gasteiger partial charge < -0.3 is 10.2 Å². The zero-order valence-corrected chi connectivity index (χ0v) is 19.3. The van der Waals surface area contributed by atoms with E-state index in [9.17, 15) is 9.59 Å². The van der Waals surface area contributed by atoms with Gasteiger partial charge in [-0.15, -0.1) is 23.1 Å². The summed E-state index contributed by atoms with van der Waals surface area (Å²) in [5, 5.41) is 3.92. The third-order valence-corrected chi connectivity index (χ3v) is 7.68. The van der Waals surface area contributed by atoms with E-state index < -0.39 is 6.04 Å². The van der Waals surface area contributed by atoms with E-state index >= 15 is 0 Å². The minimum Gasteiger partial charge on any atom is -0.324 e. The number of thioether (sulfide) groups is 1. The SMILES string of the molecule is Cc1nc(C)c2c(C)c(C(=O)N3CSCC3C(=O)Nc3ccc(C)c(C)c3)sc2n1. The Labute approximate surface area is 184 Å². The summed E-state index contributed by atoms with van der Waals surface area (Å²) in [5.41, 5.74) is 4.82. The Hall–Kier alpha value is -2.45. The van der Waals surface area contributed by atoms with Gasteiger partial charge in [-0.25, -0.2) is 9.97 Å². The largest absolute Gasteiger partial charge is 0.324 e. The molecule has 8 heteroatoms. The van der Waals surface area contributed by atoms with Gasteiger partial charge in [-0.05, 0) is 63.4 Å². The highest BCUT2D eigenvalue weighted by Gasteiger charge is 2.36. The van der Waals surface area contributed by atoms with Crippen LogP contribution in [0.15, 0.2) is 18.2 Å².